The Balaban J connectivity index is 2.55. The summed E-state index contributed by atoms with van der Waals surface area (Å²) < 4.78 is 0. The minimum absolute atomic E-state index is 0.163. The molecule has 0 atom stereocenters. The Morgan fingerprint density at radius 1 is 1.41 bits per heavy atom. The largest absolute Gasteiger partial charge is 0.476 e. The van der Waals surface area contributed by atoms with Crippen molar-refractivity contribution < 1.29 is 14.7 Å². The maximum atomic E-state index is 11.3. The van der Waals surface area contributed by atoms with Gasteiger partial charge in [0.25, 0.3) is 0 Å². The van der Waals surface area contributed by atoms with Gasteiger partial charge in [0.2, 0.25) is 0 Å². The number of nitrogens with zero attached hydrogens (tertiary/aromatic N) is 2. The topological polar surface area (TPSA) is 80.2 Å². The van der Waals surface area contributed by atoms with Crippen LogP contribution in [0.1, 0.15) is 27.1 Å². The molecule has 2 aromatic heterocycles. The highest BCUT2D eigenvalue weighted by Crippen LogP contribution is 2.27. The van der Waals surface area contributed by atoms with Crippen molar-refractivity contribution in [1.29, 1.82) is 0 Å². The average Bonchev–Trinajstić information content (AvgIpc) is 2.75. The number of aromatic carboxylic acids is 1. The van der Waals surface area contributed by atoms with Crippen molar-refractivity contribution in [3.8, 4) is 10.6 Å². The summed E-state index contributed by atoms with van der Waals surface area (Å²) in [6.07, 6.45) is 3.19. The minimum Gasteiger partial charge on any atom is -0.476 e. The molecule has 0 aliphatic rings. The van der Waals surface area contributed by atoms with Crippen LogP contribution in [0.5, 0.6) is 0 Å². The van der Waals surface area contributed by atoms with E-state index >= 15 is 0 Å². The van der Waals surface area contributed by atoms with Crippen LogP contribution < -0.4 is 0 Å². The first kappa shape index (κ1) is 11.4. The number of carbonyl (C=O) groups excluding carboxylic acids is 1. The predicted octanol–water partition coefficient (Wildman–Crippen LogP) is 2.11. The highest BCUT2D eigenvalue weighted by atomic mass is 32.1. The van der Waals surface area contributed by atoms with Gasteiger partial charge in [-0.25, -0.2) is 9.78 Å². The molecular formula is C11H8N2O3S. The molecule has 2 heterocycles. The number of pyridine rings is 1. The number of Topliss-reactive ketones (excluding diaryl/α,β-unsaturated/α-hetero) is 1. The maximum Gasteiger partial charge on any atom is 0.356 e. The van der Waals surface area contributed by atoms with Crippen LogP contribution in [0, 0.1) is 0 Å². The molecule has 0 amide bonds. The van der Waals surface area contributed by atoms with E-state index in [9.17, 15) is 9.59 Å². The van der Waals surface area contributed by atoms with Gasteiger partial charge in [0.15, 0.2) is 11.5 Å². The second kappa shape index (κ2) is 4.42. The smallest absolute Gasteiger partial charge is 0.356 e. The molecule has 6 heteroatoms. The molecule has 17 heavy (non-hydrogen) atoms. The molecule has 0 fully saturated rings. The van der Waals surface area contributed by atoms with Gasteiger partial charge in [-0.1, -0.05) is 0 Å². The number of hydrogen-bond donors (Lipinski definition) is 1. The van der Waals surface area contributed by atoms with Gasteiger partial charge in [0.05, 0.1) is 0 Å². The molecule has 2 rings (SSSR count). The lowest BCUT2D eigenvalue weighted by Crippen LogP contribution is -2.03. The Kier molecular flexibility index (Phi) is 2.97. The van der Waals surface area contributed by atoms with Gasteiger partial charge in [-0.15, -0.1) is 11.3 Å². The molecule has 0 spiro atoms. The molecule has 0 aliphatic carbocycles. The van der Waals surface area contributed by atoms with E-state index in [4.69, 9.17) is 5.11 Å². The molecule has 1 N–H and O–H groups in total. The van der Waals surface area contributed by atoms with Gasteiger partial charge in [-0.05, 0) is 12.1 Å². The fourth-order valence-corrected chi connectivity index (χ4v) is 2.26. The van der Waals surface area contributed by atoms with Crippen LogP contribution in [-0.2, 0) is 0 Å². The average molecular weight is 248 g/mol. The Hall–Kier alpha value is -2.08. The number of aromatic nitrogens is 2. The van der Waals surface area contributed by atoms with E-state index in [2.05, 4.69) is 9.97 Å². The van der Waals surface area contributed by atoms with Crippen LogP contribution in [0.2, 0.25) is 0 Å². The summed E-state index contributed by atoms with van der Waals surface area (Å²) in [5, 5.41) is 9.44. The molecule has 86 valence electrons. The highest BCUT2D eigenvalue weighted by molar-refractivity contribution is 7.17. The van der Waals surface area contributed by atoms with E-state index in [1.807, 2.05) is 0 Å². The van der Waals surface area contributed by atoms with Gasteiger partial charge in [0, 0.05) is 24.9 Å². The molecule has 0 aliphatic heterocycles. The zero-order valence-corrected chi connectivity index (χ0v) is 9.69. The first-order valence-corrected chi connectivity index (χ1v) is 5.56. The number of carboxylic acids is 1. The van der Waals surface area contributed by atoms with Gasteiger partial charge >= 0.3 is 5.97 Å². The summed E-state index contributed by atoms with van der Waals surface area (Å²) in [6, 6.07) is 3.49. The third kappa shape index (κ3) is 2.21. The number of carbonyl (C=O) groups is 2. The molecular weight excluding hydrogens is 240 g/mol. The van der Waals surface area contributed by atoms with E-state index in [1.54, 1.807) is 24.5 Å². The van der Waals surface area contributed by atoms with Crippen molar-refractivity contribution in [2.45, 2.75) is 6.92 Å². The Morgan fingerprint density at radius 3 is 2.65 bits per heavy atom. The van der Waals surface area contributed by atoms with Crippen molar-refractivity contribution in [3.63, 3.8) is 0 Å². The predicted molar refractivity (Wildman–Crippen MR) is 62.3 cm³/mol. The Labute approximate surface area is 101 Å². The fraction of sp³-hybridized carbons (Fsp3) is 0.0909. The van der Waals surface area contributed by atoms with Gasteiger partial charge < -0.3 is 5.11 Å². The van der Waals surface area contributed by atoms with Crippen molar-refractivity contribution in [2.75, 3.05) is 0 Å². The molecule has 0 radical (unpaired) electrons. The summed E-state index contributed by atoms with van der Waals surface area (Å²) in [6.45, 7) is 1.33. The summed E-state index contributed by atoms with van der Waals surface area (Å²) >= 11 is 1.07. The van der Waals surface area contributed by atoms with Crippen LogP contribution in [0.25, 0.3) is 10.6 Å². The van der Waals surface area contributed by atoms with Gasteiger partial charge in [-0.2, -0.15) is 0 Å². The number of rotatable bonds is 3. The molecule has 0 saturated heterocycles. The first-order chi connectivity index (χ1) is 8.09. The van der Waals surface area contributed by atoms with Crippen molar-refractivity contribution in [2.24, 2.45) is 0 Å². The van der Waals surface area contributed by atoms with E-state index in [0.29, 0.717) is 10.6 Å². The van der Waals surface area contributed by atoms with Crippen molar-refractivity contribution in [3.05, 3.63) is 35.1 Å². The third-order valence-electron chi connectivity index (χ3n) is 2.06. The van der Waals surface area contributed by atoms with Gasteiger partial charge in [0.1, 0.15) is 9.88 Å². The number of carboxylic acid groups (broad SMARTS) is 1. The molecule has 0 saturated carbocycles. The Bertz CT molecular complexity index is 546. The van der Waals surface area contributed by atoms with Crippen LogP contribution in [-0.4, -0.2) is 26.8 Å². The first-order valence-electron chi connectivity index (χ1n) is 4.75. The highest BCUT2D eigenvalue weighted by Gasteiger charge is 2.20. The van der Waals surface area contributed by atoms with E-state index in [0.717, 1.165) is 11.3 Å². The van der Waals surface area contributed by atoms with Crippen LogP contribution >= 0.6 is 11.3 Å². The van der Waals surface area contributed by atoms with Gasteiger partial charge in [-0.3, -0.25) is 9.78 Å². The quantitative estimate of drug-likeness (QED) is 0.841. The van der Waals surface area contributed by atoms with Crippen molar-refractivity contribution >= 4 is 23.1 Å². The Morgan fingerprint density at radius 2 is 2.18 bits per heavy atom. The van der Waals surface area contributed by atoms with Crippen LogP contribution in [0.15, 0.2) is 24.5 Å². The summed E-state index contributed by atoms with van der Waals surface area (Å²) in [5.41, 5.74) is 0.508. The zero-order valence-electron chi connectivity index (χ0n) is 8.88. The SMILES string of the molecule is CC(=O)c1sc(-c2cccnc2)nc1C(=O)O. The number of hydrogen-bond acceptors (Lipinski definition) is 5. The standard InChI is InChI=1S/C11H8N2O3S/c1-6(14)9-8(11(15)16)13-10(17-9)7-3-2-4-12-5-7/h2-5H,1H3,(H,15,16). The van der Waals surface area contributed by atoms with Crippen molar-refractivity contribution in [1.82, 2.24) is 9.97 Å². The minimum atomic E-state index is -1.19. The lowest BCUT2D eigenvalue weighted by molar-refractivity contribution is 0.0687. The lowest BCUT2D eigenvalue weighted by atomic mass is 10.3. The monoisotopic (exact) mass is 248 g/mol. The molecule has 0 unspecified atom stereocenters. The molecule has 2 aromatic rings. The summed E-state index contributed by atoms with van der Waals surface area (Å²) in [5.74, 6) is -1.49. The van der Waals surface area contributed by atoms with Crippen LogP contribution in [0.4, 0.5) is 0 Å². The number of ketones is 1. The number of thiazole rings is 1. The normalized spacial score (nSPS) is 10.2. The summed E-state index contributed by atoms with van der Waals surface area (Å²) in [4.78, 5) is 30.3. The molecule has 5 nitrogen and oxygen atoms in total. The summed E-state index contributed by atoms with van der Waals surface area (Å²) in [7, 11) is 0. The van der Waals surface area contributed by atoms with E-state index in [-0.39, 0.29) is 16.4 Å². The maximum absolute atomic E-state index is 11.3. The second-order valence-corrected chi connectivity index (χ2v) is 4.30. The molecule has 0 bridgehead atoms. The van der Waals surface area contributed by atoms with Crippen LogP contribution in [0.3, 0.4) is 0 Å². The fourth-order valence-electron chi connectivity index (χ4n) is 1.32. The van der Waals surface area contributed by atoms with E-state index < -0.39 is 5.97 Å². The second-order valence-electron chi connectivity index (χ2n) is 3.30. The molecule has 0 aromatic carbocycles. The lowest BCUT2D eigenvalue weighted by Gasteiger charge is -1.91. The van der Waals surface area contributed by atoms with E-state index in [1.165, 1.54) is 6.92 Å². The zero-order chi connectivity index (χ0) is 12.4. The third-order valence-corrected chi connectivity index (χ3v) is 3.26.